The molecule has 0 fully saturated rings. The summed E-state index contributed by atoms with van der Waals surface area (Å²) in [6.07, 6.45) is 14.2. The Hall–Kier alpha value is -2.27. The highest BCUT2D eigenvalue weighted by Crippen LogP contribution is 2.44. The molecule has 1 aliphatic carbocycles. The fourth-order valence-electron chi connectivity index (χ4n) is 4.55. The third-order valence-corrected chi connectivity index (χ3v) is 6.39. The number of aliphatic hydroxyl groups excluding tert-OH is 1. The van der Waals surface area contributed by atoms with E-state index < -0.39 is 12.1 Å². The molecule has 0 amide bonds. The molecule has 2 unspecified atom stereocenters. The molecule has 0 aromatic heterocycles. The van der Waals surface area contributed by atoms with E-state index in [1.807, 2.05) is 6.92 Å². The van der Waals surface area contributed by atoms with E-state index >= 15 is 0 Å². The predicted octanol–water partition coefficient (Wildman–Crippen LogP) is 7.72. The molecule has 1 aromatic carbocycles. The number of rotatable bonds is 13. The van der Waals surface area contributed by atoms with Crippen molar-refractivity contribution >= 4 is 5.97 Å². The van der Waals surface area contributed by atoms with Crippen LogP contribution in [0.3, 0.4) is 0 Å². The molecule has 5 heteroatoms. The van der Waals surface area contributed by atoms with E-state index in [-0.39, 0.29) is 29.6 Å². The van der Waals surface area contributed by atoms with Crippen molar-refractivity contribution in [1.82, 2.24) is 0 Å². The minimum atomic E-state index is -0.706. The Morgan fingerprint density at radius 2 is 1.83 bits per heavy atom. The van der Waals surface area contributed by atoms with Gasteiger partial charge in [-0.2, -0.15) is 0 Å². The Kier molecular flexibility index (Phi) is 15.1. The second-order valence-corrected chi connectivity index (χ2v) is 9.67. The van der Waals surface area contributed by atoms with Crippen molar-refractivity contribution in [2.24, 2.45) is 0 Å². The highest BCUT2D eigenvalue weighted by atomic mass is 16.5. The highest BCUT2D eigenvalue weighted by Gasteiger charge is 2.28. The number of esters is 1. The van der Waals surface area contributed by atoms with Crippen LogP contribution < -0.4 is 0 Å². The van der Waals surface area contributed by atoms with Crippen molar-refractivity contribution in [3.63, 3.8) is 0 Å². The first-order chi connectivity index (χ1) is 16.8. The number of phenols is 2. The molecule has 0 aliphatic heterocycles. The summed E-state index contributed by atoms with van der Waals surface area (Å²) in [5.74, 6) is -0.879. The van der Waals surface area contributed by atoms with Crippen LogP contribution >= 0.6 is 0 Å². The van der Waals surface area contributed by atoms with Crippen LogP contribution in [0, 0.1) is 0 Å². The molecule has 0 spiro atoms. The van der Waals surface area contributed by atoms with Gasteiger partial charge < -0.3 is 20.1 Å². The number of hydrogen-bond acceptors (Lipinski definition) is 5. The van der Waals surface area contributed by atoms with E-state index in [1.54, 1.807) is 12.1 Å². The Labute approximate surface area is 212 Å². The van der Waals surface area contributed by atoms with Gasteiger partial charge in [0.1, 0.15) is 23.7 Å². The lowest BCUT2D eigenvalue weighted by molar-refractivity contribution is 0.0229. The first kappa shape index (κ1) is 30.8. The number of phenolic OH excluding ortho intramolecular Hbond substituents is 2. The van der Waals surface area contributed by atoms with E-state index in [1.165, 1.54) is 5.57 Å². The van der Waals surface area contributed by atoms with Crippen molar-refractivity contribution in [1.29, 1.82) is 0 Å². The lowest BCUT2D eigenvalue weighted by Gasteiger charge is -2.24. The molecule has 35 heavy (non-hydrogen) atoms. The van der Waals surface area contributed by atoms with Gasteiger partial charge in [-0.25, -0.2) is 4.79 Å². The lowest BCUT2D eigenvalue weighted by Crippen LogP contribution is -2.20. The second kappa shape index (κ2) is 17.2. The first-order valence-electron chi connectivity index (χ1n) is 13.5. The van der Waals surface area contributed by atoms with Crippen molar-refractivity contribution in [3.8, 4) is 11.5 Å². The van der Waals surface area contributed by atoms with E-state index in [0.717, 1.165) is 64.2 Å². The van der Waals surface area contributed by atoms with Gasteiger partial charge >= 0.3 is 5.97 Å². The summed E-state index contributed by atoms with van der Waals surface area (Å²) in [4.78, 5) is 13.0. The summed E-state index contributed by atoms with van der Waals surface area (Å²) >= 11 is 0. The van der Waals surface area contributed by atoms with Gasteiger partial charge in [0.05, 0.1) is 6.10 Å². The molecule has 1 aliphatic rings. The average molecular weight is 489 g/mol. The lowest BCUT2D eigenvalue weighted by atomic mass is 9.83. The molecular formula is C30H48O5. The fourth-order valence-corrected chi connectivity index (χ4v) is 4.55. The number of hydrogen-bond donors (Lipinski definition) is 3. The van der Waals surface area contributed by atoms with Gasteiger partial charge in [-0.05, 0) is 64.0 Å². The molecule has 2 rings (SSSR count). The van der Waals surface area contributed by atoms with Gasteiger partial charge in [0.25, 0.3) is 0 Å². The van der Waals surface area contributed by atoms with Crippen LogP contribution in [-0.2, 0) is 11.2 Å². The van der Waals surface area contributed by atoms with Crippen molar-refractivity contribution in [2.75, 3.05) is 6.61 Å². The molecule has 3 N–H and O–H groups in total. The molecule has 0 saturated carbocycles. The van der Waals surface area contributed by atoms with Gasteiger partial charge in [0, 0.05) is 11.5 Å². The number of aromatic hydroxyl groups is 2. The predicted molar refractivity (Wildman–Crippen MR) is 144 cm³/mol. The third-order valence-electron chi connectivity index (χ3n) is 6.39. The zero-order valence-electron chi connectivity index (χ0n) is 22.4. The summed E-state index contributed by atoms with van der Waals surface area (Å²) in [7, 11) is 0. The van der Waals surface area contributed by atoms with Crippen LogP contribution in [-0.4, -0.2) is 34.0 Å². The second-order valence-electron chi connectivity index (χ2n) is 9.67. The summed E-state index contributed by atoms with van der Waals surface area (Å²) < 4.78 is 5.43. The molecule has 198 valence electrons. The van der Waals surface area contributed by atoms with Crippen LogP contribution in [0.25, 0.3) is 0 Å². The monoisotopic (exact) mass is 488 g/mol. The van der Waals surface area contributed by atoms with Crippen molar-refractivity contribution in [2.45, 2.75) is 117 Å². The molecule has 0 bridgehead atoms. The van der Waals surface area contributed by atoms with Gasteiger partial charge in [-0.1, -0.05) is 70.1 Å². The number of ether oxygens (including phenoxy) is 1. The molecule has 5 nitrogen and oxygen atoms in total. The minimum Gasteiger partial charge on any atom is -0.507 e. The van der Waals surface area contributed by atoms with Gasteiger partial charge in [-0.15, -0.1) is 6.58 Å². The fraction of sp³-hybridized carbons (Fsp3) is 0.633. The normalized spacial score (nSPS) is 16.0. The molecular weight excluding hydrogens is 440 g/mol. The van der Waals surface area contributed by atoms with E-state index in [4.69, 9.17) is 4.74 Å². The maximum absolute atomic E-state index is 13.0. The molecule has 2 atom stereocenters. The number of carbonyl (C=O) groups excluding carboxylic acids is 1. The summed E-state index contributed by atoms with van der Waals surface area (Å²) in [5, 5.41) is 32.1. The highest BCUT2D eigenvalue weighted by molar-refractivity contribution is 5.95. The summed E-state index contributed by atoms with van der Waals surface area (Å²) in [6, 6.07) is 1.63. The maximum atomic E-state index is 13.0. The Bertz CT molecular complexity index is 811. The number of allylic oxidation sites excluding steroid dienone is 3. The minimum absolute atomic E-state index is 0.0393. The number of unbranched alkanes of at least 4 members (excludes halogenated alkanes) is 5. The Morgan fingerprint density at radius 1 is 1.17 bits per heavy atom. The molecule has 0 heterocycles. The maximum Gasteiger partial charge on any atom is 0.342 e. The first-order valence-corrected chi connectivity index (χ1v) is 13.5. The standard InChI is InChI=1S/C27H42O5.C3H6/c1-4-6-8-10-15-22(28)18-32-27(31)25-21(13-9-7-5-2)17-23(29)24(26(25)30)20-14-11-12-19(3)16-20;1-3-2/h16-17,20,22,28-30H,4-15,18H2,1-3H3;3H,1H2,2H3. The van der Waals surface area contributed by atoms with Crippen molar-refractivity contribution < 1.29 is 24.9 Å². The number of benzene rings is 1. The smallest absolute Gasteiger partial charge is 0.342 e. The zero-order chi connectivity index (χ0) is 26.2. The van der Waals surface area contributed by atoms with Crippen LogP contribution in [0.4, 0.5) is 0 Å². The number of aliphatic hydroxyl groups is 1. The quantitative estimate of drug-likeness (QED) is 0.150. The van der Waals surface area contributed by atoms with Crippen LogP contribution in [0.15, 0.2) is 30.4 Å². The molecule has 0 saturated heterocycles. The van der Waals surface area contributed by atoms with E-state index in [2.05, 4.69) is 33.4 Å². The molecule has 0 radical (unpaired) electrons. The van der Waals surface area contributed by atoms with E-state index in [9.17, 15) is 20.1 Å². The third kappa shape index (κ3) is 10.5. The van der Waals surface area contributed by atoms with Crippen LogP contribution in [0.2, 0.25) is 0 Å². The summed E-state index contributed by atoms with van der Waals surface area (Å²) in [6.45, 7) is 11.5. The van der Waals surface area contributed by atoms with Crippen molar-refractivity contribution in [3.05, 3.63) is 47.1 Å². The number of carbonyl (C=O) groups is 1. The number of aryl methyl sites for hydroxylation is 1. The van der Waals surface area contributed by atoms with Gasteiger partial charge in [0.2, 0.25) is 0 Å². The van der Waals surface area contributed by atoms with E-state index in [0.29, 0.717) is 24.0 Å². The van der Waals surface area contributed by atoms with Gasteiger partial charge in [0.15, 0.2) is 0 Å². The van der Waals surface area contributed by atoms with Gasteiger partial charge in [-0.3, -0.25) is 0 Å². The topological polar surface area (TPSA) is 87.0 Å². The Balaban J connectivity index is 0.00000194. The van der Waals surface area contributed by atoms with Crippen LogP contribution in [0.1, 0.15) is 126 Å². The largest absolute Gasteiger partial charge is 0.507 e. The summed E-state index contributed by atoms with van der Waals surface area (Å²) in [5.41, 5.74) is 2.39. The van der Waals surface area contributed by atoms with Crippen LogP contribution in [0.5, 0.6) is 11.5 Å². The average Bonchev–Trinajstić information content (AvgIpc) is 2.81. The zero-order valence-corrected chi connectivity index (χ0v) is 22.4. The molecule has 1 aromatic rings. The SMILES string of the molecule is C=CC.CCCCCCC(O)COC(=O)c1c(CCCCC)cc(O)c(C2C=C(C)CCC2)c1O. The Morgan fingerprint density at radius 3 is 2.46 bits per heavy atom.